The molecular formula is C7H12N4. The van der Waals surface area contributed by atoms with Crippen LogP contribution in [0.25, 0.3) is 0 Å². The minimum absolute atomic E-state index is 0.561. The molecule has 4 nitrogen and oxygen atoms in total. The van der Waals surface area contributed by atoms with E-state index in [1.54, 1.807) is 13.1 Å². The van der Waals surface area contributed by atoms with Crippen LogP contribution in [-0.2, 0) is 13.6 Å². The van der Waals surface area contributed by atoms with E-state index < -0.39 is 0 Å². The van der Waals surface area contributed by atoms with Crippen molar-refractivity contribution in [3.8, 4) is 0 Å². The Morgan fingerprint density at radius 2 is 2.55 bits per heavy atom. The van der Waals surface area contributed by atoms with Crippen molar-refractivity contribution in [2.75, 3.05) is 0 Å². The molecule has 0 aromatic carbocycles. The van der Waals surface area contributed by atoms with Crippen LogP contribution in [0.2, 0.25) is 0 Å². The third kappa shape index (κ3) is 2.07. The predicted octanol–water partition coefficient (Wildman–Crippen LogP) is 0.297. The molecule has 0 amide bonds. The molecule has 1 rings (SSSR count). The number of rotatable bonds is 2. The molecular weight excluding hydrogens is 140 g/mol. The summed E-state index contributed by atoms with van der Waals surface area (Å²) in [5, 5.41) is 0. The van der Waals surface area contributed by atoms with Crippen molar-refractivity contribution in [1.82, 2.24) is 9.55 Å². The molecule has 0 aliphatic heterocycles. The Labute approximate surface area is 65.8 Å². The van der Waals surface area contributed by atoms with Gasteiger partial charge in [0.05, 0.1) is 12.4 Å². The van der Waals surface area contributed by atoms with E-state index in [0.29, 0.717) is 12.4 Å². The van der Waals surface area contributed by atoms with Gasteiger partial charge >= 0.3 is 0 Å². The highest BCUT2D eigenvalue weighted by Crippen LogP contribution is 1.95. The summed E-state index contributed by atoms with van der Waals surface area (Å²) in [6.07, 6.45) is 3.63. The molecule has 0 spiro atoms. The molecule has 4 heteroatoms. The molecule has 1 heterocycles. The fraction of sp³-hybridized carbons (Fsp3) is 0.429. The van der Waals surface area contributed by atoms with Crippen molar-refractivity contribution >= 4 is 5.84 Å². The molecule has 1 aromatic rings. The van der Waals surface area contributed by atoms with E-state index in [9.17, 15) is 0 Å². The van der Waals surface area contributed by atoms with Crippen LogP contribution in [0.1, 0.15) is 12.7 Å². The number of hydrogen-bond donors (Lipinski definition) is 1. The fourth-order valence-electron chi connectivity index (χ4n) is 0.744. The minimum atomic E-state index is 0.561. The van der Waals surface area contributed by atoms with Crippen LogP contribution in [0, 0.1) is 0 Å². The van der Waals surface area contributed by atoms with Gasteiger partial charge < -0.3 is 10.3 Å². The molecule has 11 heavy (non-hydrogen) atoms. The van der Waals surface area contributed by atoms with Gasteiger partial charge in [0, 0.05) is 19.4 Å². The SMILES string of the molecule is CC(N)=NCc1nccn1C. The van der Waals surface area contributed by atoms with E-state index in [-0.39, 0.29) is 0 Å². The maximum Gasteiger partial charge on any atom is 0.130 e. The van der Waals surface area contributed by atoms with Gasteiger partial charge in [-0.1, -0.05) is 0 Å². The second-order valence-corrected chi connectivity index (χ2v) is 2.41. The first-order chi connectivity index (χ1) is 5.20. The summed E-state index contributed by atoms with van der Waals surface area (Å²) in [5.41, 5.74) is 5.37. The van der Waals surface area contributed by atoms with E-state index >= 15 is 0 Å². The second-order valence-electron chi connectivity index (χ2n) is 2.41. The van der Waals surface area contributed by atoms with Crippen LogP contribution in [0.15, 0.2) is 17.4 Å². The van der Waals surface area contributed by atoms with Gasteiger partial charge in [0.1, 0.15) is 5.82 Å². The lowest BCUT2D eigenvalue weighted by molar-refractivity contribution is 0.793. The number of hydrogen-bond acceptors (Lipinski definition) is 2. The van der Waals surface area contributed by atoms with Gasteiger partial charge in [-0.15, -0.1) is 0 Å². The first-order valence-electron chi connectivity index (χ1n) is 3.43. The van der Waals surface area contributed by atoms with E-state index in [1.807, 2.05) is 17.8 Å². The van der Waals surface area contributed by atoms with Gasteiger partial charge in [-0.3, -0.25) is 4.99 Å². The van der Waals surface area contributed by atoms with Gasteiger partial charge in [0.2, 0.25) is 0 Å². The van der Waals surface area contributed by atoms with Gasteiger partial charge in [-0.05, 0) is 6.92 Å². The lowest BCUT2D eigenvalue weighted by atomic mass is 10.6. The van der Waals surface area contributed by atoms with Crippen molar-refractivity contribution in [3.05, 3.63) is 18.2 Å². The number of aryl methyl sites for hydroxylation is 1. The van der Waals surface area contributed by atoms with E-state index in [4.69, 9.17) is 5.73 Å². The first kappa shape index (κ1) is 7.78. The molecule has 0 fully saturated rings. The van der Waals surface area contributed by atoms with Gasteiger partial charge in [-0.25, -0.2) is 4.98 Å². The largest absolute Gasteiger partial charge is 0.388 e. The molecule has 0 bridgehead atoms. The average Bonchev–Trinajstić information content (AvgIpc) is 2.31. The van der Waals surface area contributed by atoms with E-state index in [1.165, 1.54) is 0 Å². The summed E-state index contributed by atoms with van der Waals surface area (Å²) in [7, 11) is 1.93. The van der Waals surface area contributed by atoms with Crippen LogP contribution in [0.3, 0.4) is 0 Å². The Morgan fingerprint density at radius 3 is 3.00 bits per heavy atom. The van der Waals surface area contributed by atoms with E-state index in [0.717, 1.165) is 5.82 Å². The number of aromatic nitrogens is 2. The van der Waals surface area contributed by atoms with Crippen LogP contribution in [0.5, 0.6) is 0 Å². The fourth-order valence-corrected chi connectivity index (χ4v) is 0.744. The average molecular weight is 152 g/mol. The molecule has 0 saturated heterocycles. The number of aliphatic imine (C=N–C) groups is 1. The Balaban J connectivity index is 2.65. The van der Waals surface area contributed by atoms with Crippen LogP contribution >= 0.6 is 0 Å². The highest BCUT2D eigenvalue weighted by molar-refractivity contribution is 5.77. The quantitative estimate of drug-likeness (QED) is 0.489. The zero-order chi connectivity index (χ0) is 8.27. The summed E-state index contributed by atoms with van der Waals surface area (Å²) in [5.74, 6) is 1.52. The number of amidine groups is 1. The molecule has 0 unspecified atom stereocenters. The van der Waals surface area contributed by atoms with Gasteiger partial charge in [0.25, 0.3) is 0 Å². The Morgan fingerprint density at radius 1 is 1.82 bits per heavy atom. The zero-order valence-corrected chi connectivity index (χ0v) is 6.78. The zero-order valence-electron chi connectivity index (χ0n) is 6.78. The third-order valence-electron chi connectivity index (χ3n) is 1.39. The number of imidazole rings is 1. The Hall–Kier alpha value is -1.32. The van der Waals surface area contributed by atoms with Gasteiger partial charge in [-0.2, -0.15) is 0 Å². The second kappa shape index (κ2) is 3.18. The van der Waals surface area contributed by atoms with Crippen molar-refractivity contribution in [2.45, 2.75) is 13.5 Å². The molecule has 0 aliphatic carbocycles. The maximum absolute atomic E-state index is 5.37. The number of nitrogens with zero attached hydrogens (tertiary/aromatic N) is 3. The molecule has 0 atom stereocenters. The Kier molecular flexibility index (Phi) is 2.25. The molecule has 60 valence electrons. The third-order valence-corrected chi connectivity index (χ3v) is 1.39. The normalized spacial score (nSPS) is 12.0. The Bertz CT molecular complexity index is 257. The highest BCUT2D eigenvalue weighted by Gasteiger charge is 1.95. The van der Waals surface area contributed by atoms with E-state index in [2.05, 4.69) is 9.98 Å². The standard InChI is InChI=1S/C7H12N4/c1-6(8)10-5-7-9-3-4-11(7)2/h3-4H,5H2,1-2H3,(H2,8,10). The molecule has 0 radical (unpaired) electrons. The predicted molar refractivity (Wildman–Crippen MR) is 44.2 cm³/mol. The van der Waals surface area contributed by atoms with Crippen molar-refractivity contribution in [1.29, 1.82) is 0 Å². The molecule has 1 aromatic heterocycles. The van der Waals surface area contributed by atoms with Gasteiger partial charge in [0.15, 0.2) is 0 Å². The maximum atomic E-state index is 5.37. The molecule has 0 saturated carbocycles. The van der Waals surface area contributed by atoms with Crippen LogP contribution < -0.4 is 5.73 Å². The summed E-state index contributed by atoms with van der Waals surface area (Å²) >= 11 is 0. The molecule has 0 aliphatic rings. The first-order valence-corrected chi connectivity index (χ1v) is 3.43. The van der Waals surface area contributed by atoms with Crippen molar-refractivity contribution < 1.29 is 0 Å². The topological polar surface area (TPSA) is 56.2 Å². The lowest BCUT2D eigenvalue weighted by Gasteiger charge is -1.96. The minimum Gasteiger partial charge on any atom is -0.388 e. The molecule has 2 N–H and O–H groups in total. The summed E-state index contributed by atoms with van der Waals surface area (Å²) < 4.78 is 1.92. The van der Waals surface area contributed by atoms with Crippen molar-refractivity contribution in [3.63, 3.8) is 0 Å². The highest BCUT2D eigenvalue weighted by atomic mass is 15.1. The van der Waals surface area contributed by atoms with Crippen LogP contribution in [-0.4, -0.2) is 15.4 Å². The summed E-state index contributed by atoms with van der Waals surface area (Å²) in [6.45, 7) is 2.33. The van der Waals surface area contributed by atoms with Crippen LogP contribution in [0.4, 0.5) is 0 Å². The lowest BCUT2D eigenvalue weighted by Crippen LogP contribution is -2.06. The monoisotopic (exact) mass is 152 g/mol. The van der Waals surface area contributed by atoms with Crippen molar-refractivity contribution in [2.24, 2.45) is 17.8 Å². The smallest absolute Gasteiger partial charge is 0.130 e. The number of nitrogens with two attached hydrogens (primary N) is 1. The summed E-state index contributed by atoms with van der Waals surface area (Å²) in [6, 6.07) is 0. The summed E-state index contributed by atoms with van der Waals surface area (Å²) in [4.78, 5) is 8.13.